The maximum absolute atomic E-state index is 12.7. The molecule has 1 aliphatic heterocycles. The smallest absolute Gasteiger partial charge is 0.263 e. The van der Waals surface area contributed by atoms with Crippen molar-refractivity contribution in [1.29, 1.82) is 0 Å². The highest BCUT2D eigenvalue weighted by Crippen LogP contribution is 2.39. The van der Waals surface area contributed by atoms with Crippen molar-refractivity contribution in [3.05, 3.63) is 95.4 Å². The largest absolute Gasteiger partial charge is 0.467 e. The number of amides is 2. The van der Waals surface area contributed by atoms with Crippen LogP contribution in [0.15, 0.2) is 87.8 Å². The number of sulfonamides is 1. The first kappa shape index (κ1) is 24.1. The number of thioether (sulfide) groups is 1. The van der Waals surface area contributed by atoms with Gasteiger partial charge in [-0.25, -0.2) is 13.4 Å². The zero-order valence-electron chi connectivity index (χ0n) is 18.7. The third kappa shape index (κ3) is 5.30. The van der Waals surface area contributed by atoms with E-state index in [4.69, 9.17) is 4.42 Å². The van der Waals surface area contributed by atoms with Crippen molar-refractivity contribution in [2.24, 2.45) is 0 Å². The van der Waals surface area contributed by atoms with E-state index < -0.39 is 10.0 Å². The van der Waals surface area contributed by atoms with Crippen LogP contribution in [0, 0.1) is 0 Å². The van der Waals surface area contributed by atoms with Gasteiger partial charge in [-0.15, -0.1) is 23.1 Å². The zero-order valence-corrected chi connectivity index (χ0v) is 21.1. The van der Waals surface area contributed by atoms with Crippen molar-refractivity contribution in [2.45, 2.75) is 16.8 Å². The van der Waals surface area contributed by atoms with Gasteiger partial charge in [0.2, 0.25) is 5.91 Å². The van der Waals surface area contributed by atoms with Crippen molar-refractivity contribution in [3.63, 3.8) is 0 Å². The molecule has 2 N–H and O–H groups in total. The number of hydrogen-bond acceptors (Lipinski definition) is 8. The Balaban J connectivity index is 1.23. The number of nitrogens with one attached hydrogen (secondary N) is 2. The Bertz CT molecular complexity index is 1450. The van der Waals surface area contributed by atoms with Gasteiger partial charge >= 0.3 is 0 Å². The second-order valence-corrected chi connectivity index (χ2v) is 11.5. The minimum absolute atomic E-state index is 0.0375. The van der Waals surface area contributed by atoms with Gasteiger partial charge in [0.1, 0.15) is 11.1 Å². The molecule has 1 saturated heterocycles. The van der Waals surface area contributed by atoms with Crippen LogP contribution in [0.1, 0.15) is 27.1 Å². The lowest BCUT2D eigenvalue weighted by Gasteiger charge is -2.23. The standard InChI is InChI=1S/C24H20N4O5S3/c29-21-15-35-23(28(21)14-19-2-1-12-33-19)17-5-3-16(4-6-17)22(30)26-18-7-9-20(10-8-18)36(31,32)27-24-25-11-13-34-24/h1-13,23H,14-15H2,(H,25,27)(H,26,30)/t23-/m0/s1. The normalized spacial score (nSPS) is 15.7. The fraction of sp³-hybridized carbons (Fsp3) is 0.125. The summed E-state index contributed by atoms with van der Waals surface area (Å²) in [4.78, 5) is 30.9. The fourth-order valence-electron chi connectivity index (χ4n) is 3.64. The summed E-state index contributed by atoms with van der Waals surface area (Å²) < 4.78 is 32.7. The Labute approximate surface area is 215 Å². The molecule has 1 aliphatic rings. The lowest BCUT2D eigenvalue weighted by atomic mass is 10.1. The lowest BCUT2D eigenvalue weighted by Crippen LogP contribution is -2.27. The van der Waals surface area contributed by atoms with Gasteiger partial charge in [-0.3, -0.25) is 14.3 Å². The second kappa shape index (κ2) is 10.2. The molecule has 3 heterocycles. The number of carbonyl (C=O) groups is 2. The number of benzene rings is 2. The van der Waals surface area contributed by atoms with Gasteiger partial charge in [0.05, 0.1) is 23.5 Å². The molecular weight excluding hydrogens is 520 g/mol. The summed E-state index contributed by atoms with van der Waals surface area (Å²) in [6.07, 6.45) is 3.09. The summed E-state index contributed by atoms with van der Waals surface area (Å²) in [5.74, 6) is 0.805. The van der Waals surface area contributed by atoms with Crippen LogP contribution in [0.3, 0.4) is 0 Å². The van der Waals surface area contributed by atoms with Gasteiger partial charge in [0.15, 0.2) is 5.13 Å². The molecule has 0 bridgehead atoms. The monoisotopic (exact) mass is 540 g/mol. The van der Waals surface area contributed by atoms with E-state index >= 15 is 0 Å². The molecule has 4 aromatic rings. The third-order valence-electron chi connectivity index (χ3n) is 5.41. The third-order valence-corrected chi connectivity index (χ3v) is 8.84. The first-order chi connectivity index (χ1) is 17.4. The van der Waals surface area contributed by atoms with E-state index in [0.717, 1.165) is 5.56 Å². The van der Waals surface area contributed by atoms with Crippen LogP contribution in [0.2, 0.25) is 0 Å². The molecule has 2 aromatic carbocycles. The number of carbonyl (C=O) groups excluding carboxylic acids is 2. The van der Waals surface area contributed by atoms with Crippen LogP contribution in [-0.2, 0) is 21.4 Å². The molecule has 184 valence electrons. The Morgan fingerprint density at radius 3 is 2.56 bits per heavy atom. The summed E-state index contributed by atoms with van der Waals surface area (Å²) in [5, 5.41) is 4.56. The van der Waals surface area contributed by atoms with Gasteiger partial charge in [0.25, 0.3) is 15.9 Å². The van der Waals surface area contributed by atoms with Crippen LogP contribution in [0.5, 0.6) is 0 Å². The summed E-state index contributed by atoms with van der Waals surface area (Å²) in [7, 11) is -3.77. The van der Waals surface area contributed by atoms with E-state index in [1.54, 1.807) is 34.7 Å². The molecule has 36 heavy (non-hydrogen) atoms. The number of rotatable bonds is 8. The predicted octanol–water partition coefficient (Wildman–Crippen LogP) is 4.56. The molecule has 1 atom stereocenters. The van der Waals surface area contributed by atoms with E-state index in [2.05, 4.69) is 15.0 Å². The first-order valence-corrected chi connectivity index (χ1v) is 14.2. The zero-order chi connectivity index (χ0) is 25.1. The molecule has 0 saturated carbocycles. The number of anilines is 2. The van der Waals surface area contributed by atoms with E-state index in [-0.39, 0.29) is 27.2 Å². The molecule has 2 amide bonds. The fourth-order valence-corrected chi connectivity index (χ4v) is 6.62. The number of thiazole rings is 1. The van der Waals surface area contributed by atoms with Gasteiger partial charge < -0.3 is 14.6 Å². The maximum Gasteiger partial charge on any atom is 0.263 e. The number of hydrogen-bond donors (Lipinski definition) is 2. The van der Waals surface area contributed by atoms with Crippen LogP contribution in [-0.4, -0.2) is 35.9 Å². The van der Waals surface area contributed by atoms with Crippen LogP contribution < -0.4 is 10.0 Å². The highest BCUT2D eigenvalue weighted by Gasteiger charge is 2.33. The van der Waals surface area contributed by atoms with Gasteiger partial charge in [0, 0.05) is 22.8 Å². The Morgan fingerprint density at radius 1 is 1.11 bits per heavy atom. The predicted molar refractivity (Wildman–Crippen MR) is 138 cm³/mol. The number of furan rings is 1. The Morgan fingerprint density at radius 2 is 1.89 bits per heavy atom. The topological polar surface area (TPSA) is 122 Å². The van der Waals surface area contributed by atoms with Gasteiger partial charge in [-0.1, -0.05) is 12.1 Å². The summed E-state index contributed by atoms with van der Waals surface area (Å²) in [6.45, 7) is 0.386. The van der Waals surface area contributed by atoms with E-state index in [0.29, 0.717) is 29.3 Å². The minimum Gasteiger partial charge on any atom is -0.467 e. The molecule has 5 rings (SSSR count). The Hall–Kier alpha value is -3.61. The Kier molecular flexibility index (Phi) is 6.81. The van der Waals surface area contributed by atoms with Crippen molar-refractivity contribution in [2.75, 3.05) is 15.8 Å². The van der Waals surface area contributed by atoms with Crippen molar-refractivity contribution < 1.29 is 22.4 Å². The van der Waals surface area contributed by atoms with Crippen molar-refractivity contribution in [1.82, 2.24) is 9.88 Å². The molecule has 9 nitrogen and oxygen atoms in total. The second-order valence-electron chi connectivity index (χ2n) is 7.81. The summed E-state index contributed by atoms with van der Waals surface area (Å²) in [5.41, 5.74) is 1.81. The maximum atomic E-state index is 12.7. The van der Waals surface area contributed by atoms with Gasteiger partial charge in [-0.05, 0) is 54.1 Å². The molecule has 2 aromatic heterocycles. The summed E-state index contributed by atoms with van der Waals surface area (Å²) in [6, 6.07) is 16.6. The minimum atomic E-state index is -3.77. The highest BCUT2D eigenvalue weighted by atomic mass is 32.2. The lowest BCUT2D eigenvalue weighted by molar-refractivity contribution is -0.128. The first-order valence-electron chi connectivity index (χ1n) is 10.8. The summed E-state index contributed by atoms with van der Waals surface area (Å²) >= 11 is 2.71. The quantitative estimate of drug-likeness (QED) is 0.336. The van der Waals surface area contributed by atoms with Crippen molar-refractivity contribution in [3.8, 4) is 0 Å². The highest BCUT2D eigenvalue weighted by molar-refractivity contribution is 8.00. The van der Waals surface area contributed by atoms with E-state index in [1.807, 2.05) is 18.2 Å². The molecule has 0 unspecified atom stereocenters. The molecule has 12 heteroatoms. The SMILES string of the molecule is O=C(Nc1ccc(S(=O)(=O)Nc2nccs2)cc1)c1ccc([C@@H]2SCC(=O)N2Cc2ccco2)cc1. The molecule has 0 aliphatic carbocycles. The van der Waals surface area contributed by atoms with Crippen molar-refractivity contribution >= 4 is 55.8 Å². The molecule has 0 radical (unpaired) electrons. The number of nitrogens with zero attached hydrogens (tertiary/aromatic N) is 2. The van der Waals surface area contributed by atoms with E-state index in [9.17, 15) is 18.0 Å². The molecule has 1 fully saturated rings. The average Bonchev–Trinajstić information content (AvgIpc) is 3.64. The van der Waals surface area contributed by atoms with Crippen LogP contribution in [0.25, 0.3) is 0 Å². The van der Waals surface area contributed by atoms with E-state index in [1.165, 1.54) is 53.6 Å². The molecular formula is C24H20N4O5S3. The van der Waals surface area contributed by atoms with Crippen LogP contribution >= 0.6 is 23.1 Å². The average molecular weight is 541 g/mol. The number of aromatic nitrogens is 1. The van der Waals surface area contributed by atoms with Gasteiger partial charge in [-0.2, -0.15) is 0 Å². The molecule has 0 spiro atoms. The van der Waals surface area contributed by atoms with Crippen LogP contribution in [0.4, 0.5) is 10.8 Å².